The van der Waals surface area contributed by atoms with Crippen LogP contribution in [0.1, 0.15) is 12.7 Å². The molecule has 1 atom stereocenters. The maximum atomic E-state index is 10.2. The van der Waals surface area contributed by atoms with E-state index >= 15 is 0 Å². The molecule has 78 valence electrons. The van der Waals surface area contributed by atoms with Crippen molar-refractivity contribution in [3.8, 4) is 0 Å². The Balaban J connectivity index is 0.000000140. The Labute approximate surface area is 86.1 Å². The average Bonchev–Trinajstić information content (AvgIpc) is 2.63. The van der Waals surface area contributed by atoms with Crippen molar-refractivity contribution in [3.63, 3.8) is 0 Å². The van der Waals surface area contributed by atoms with Crippen LogP contribution in [0.5, 0.6) is 0 Å². The molecule has 7 nitrogen and oxygen atoms in total. The van der Waals surface area contributed by atoms with Crippen LogP contribution >= 0.6 is 11.5 Å². The van der Waals surface area contributed by atoms with Crippen molar-refractivity contribution in [2.24, 2.45) is 4.40 Å². The van der Waals surface area contributed by atoms with Gasteiger partial charge < -0.3 is 0 Å². The van der Waals surface area contributed by atoms with Crippen molar-refractivity contribution in [2.45, 2.75) is 13.8 Å². The molecule has 14 heavy (non-hydrogen) atoms. The molecule has 1 aromatic rings. The molecule has 1 aromatic heterocycles. The van der Waals surface area contributed by atoms with Crippen molar-refractivity contribution in [1.29, 1.82) is 0 Å². The molecule has 2 rings (SSSR count). The van der Waals surface area contributed by atoms with Gasteiger partial charge in [-0.15, -0.1) is 4.40 Å². The summed E-state index contributed by atoms with van der Waals surface area (Å²) in [5, 5.41) is 0. The number of rotatable bonds is 0. The molecule has 9 heteroatoms. The van der Waals surface area contributed by atoms with Gasteiger partial charge in [-0.3, -0.25) is 9.78 Å². The number of hydrogen-bond donors (Lipinski definition) is 2. The van der Waals surface area contributed by atoms with Crippen LogP contribution in [0.2, 0.25) is 0 Å². The molecule has 2 heterocycles. The summed E-state index contributed by atoms with van der Waals surface area (Å²) in [7, 11) is 0. The first kappa shape index (κ1) is 11.0. The molecule has 0 radical (unpaired) electrons. The number of nitrogens with zero attached hydrogens (tertiary/aromatic N) is 2. The summed E-state index contributed by atoms with van der Waals surface area (Å²) in [4.78, 5) is 12.6. The van der Waals surface area contributed by atoms with Crippen LogP contribution in [0.3, 0.4) is 0 Å². The van der Waals surface area contributed by atoms with Gasteiger partial charge in [-0.2, -0.15) is 8.66 Å². The highest BCUT2D eigenvalue weighted by Gasteiger charge is 2.05. The summed E-state index contributed by atoms with van der Waals surface area (Å²) in [6.07, 6.45) is 0. The highest BCUT2D eigenvalue weighted by Crippen LogP contribution is 1.91. The van der Waals surface area contributed by atoms with Crippen molar-refractivity contribution in [2.75, 3.05) is 0 Å². The van der Waals surface area contributed by atoms with Crippen LogP contribution < -0.4 is 10.4 Å². The quantitative estimate of drug-likeness (QED) is 0.642. The fourth-order valence-electron chi connectivity index (χ4n) is 0.548. The molecular formula is C5H8N4O3S2. The van der Waals surface area contributed by atoms with Crippen LogP contribution in [0, 0.1) is 6.92 Å². The first-order valence-electron chi connectivity index (χ1n) is 3.51. The van der Waals surface area contributed by atoms with Crippen LogP contribution in [0.15, 0.2) is 9.19 Å². The fourth-order valence-corrected chi connectivity index (χ4v) is 1.50. The maximum Gasteiger partial charge on any atom is 0.323 e. The van der Waals surface area contributed by atoms with Gasteiger partial charge in [0.2, 0.25) is 0 Å². The summed E-state index contributed by atoms with van der Waals surface area (Å²) >= 11 is -0.533. The van der Waals surface area contributed by atoms with Crippen molar-refractivity contribution in [3.05, 3.63) is 15.5 Å². The second-order valence-electron chi connectivity index (χ2n) is 2.26. The van der Waals surface area contributed by atoms with Crippen LogP contribution in [0.4, 0.5) is 0 Å². The molecule has 1 aliphatic rings. The predicted molar refractivity (Wildman–Crippen MR) is 52.9 cm³/mol. The van der Waals surface area contributed by atoms with Gasteiger partial charge >= 0.3 is 16.1 Å². The van der Waals surface area contributed by atoms with E-state index in [2.05, 4.69) is 23.5 Å². The molecule has 0 aliphatic carbocycles. The Hall–Kier alpha value is -1.06. The van der Waals surface area contributed by atoms with E-state index in [4.69, 9.17) is 0 Å². The number of aromatic nitrogens is 2. The van der Waals surface area contributed by atoms with Crippen molar-refractivity contribution in [1.82, 2.24) is 14.8 Å². The standard InChI is InChI=1S/C3H4N2OS.C2H4N2O2S/c1-2-4-3(6)7-5-2;1-2-3-6-7(5)4-2/h1H3,(H,4,5,6);1H3,(H,3,4). The Morgan fingerprint density at radius 1 is 1.50 bits per heavy atom. The summed E-state index contributed by atoms with van der Waals surface area (Å²) < 4.78 is 21.5. The normalized spacial score (nSPS) is 19.3. The SMILES string of the molecule is CC1=NS(=O)ON1.Cc1nsc(=O)[nH]1. The highest BCUT2D eigenvalue weighted by molar-refractivity contribution is 7.79. The zero-order valence-corrected chi connectivity index (χ0v) is 9.07. The lowest BCUT2D eigenvalue weighted by Gasteiger charge is -1.83. The van der Waals surface area contributed by atoms with Gasteiger partial charge in [-0.1, -0.05) is 0 Å². The predicted octanol–water partition coefficient (Wildman–Crippen LogP) is -0.342. The Morgan fingerprint density at radius 3 is 2.36 bits per heavy atom. The maximum absolute atomic E-state index is 10.2. The zero-order valence-electron chi connectivity index (χ0n) is 7.44. The topological polar surface area (TPSA) is 96.4 Å². The molecule has 2 N–H and O–H groups in total. The number of hydroxylamine groups is 1. The Bertz CT molecular complexity index is 409. The van der Waals surface area contributed by atoms with Gasteiger partial charge in [-0.05, 0) is 13.8 Å². The number of nitrogens with one attached hydrogen (secondary N) is 2. The lowest BCUT2D eigenvalue weighted by molar-refractivity contribution is 0.304. The second-order valence-corrected chi connectivity index (χ2v) is 3.78. The van der Waals surface area contributed by atoms with E-state index in [1.165, 1.54) is 0 Å². The average molecular weight is 236 g/mol. The first-order chi connectivity index (χ1) is 6.58. The molecule has 1 aliphatic heterocycles. The van der Waals surface area contributed by atoms with Crippen LogP contribution in [-0.4, -0.2) is 19.4 Å². The summed E-state index contributed by atoms with van der Waals surface area (Å²) in [6, 6.07) is 0. The van der Waals surface area contributed by atoms with E-state index in [9.17, 15) is 9.00 Å². The largest absolute Gasteiger partial charge is 0.323 e. The molecule has 0 saturated carbocycles. The number of amidine groups is 1. The molecular weight excluding hydrogens is 228 g/mol. The third-order valence-corrected chi connectivity index (χ3v) is 2.30. The molecule has 0 bridgehead atoms. The Kier molecular flexibility index (Phi) is 3.92. The van der Waals surface area contributed by atoms with E-state index in [0.29, 0.717) is 11.7 Å². The van der Waals surface area contributed by atoms with Gasteiger partial charge in [-0.25, -0.2) is 9.69 Å². The van der Waals surface area contributed by atoms with Crippen LogP contribution in [0.25, 0.3) is 0 Å². The van der Waals surface area contributed by atoms with E-state index in [1.54, 1.807) is 13.8 Å². The Morgan fingerprint density at radius 2 is 2.21 bits per heavy atom. The van der Waals surface area contributed by atoms with E-state index in [1.807, 2.05) is 0 Å². The molecule has 0 aromatic carbocycles. The van der Waals surface area contributed by atoms with Gasteiger partial charge in [0.05, 0.1) is 0 Å². The first-order valence-corrected chi connectivity index (χ1v) is 5.31. The third-order valence-electron chi connectivity index (χ3n) is 1.02. The fraction of sp³-hybridized carbons (Fsp3) is 0.400. The number of hydrogen-bond acceptors (Lipinski definition) is 6. The summed E-state index contributed by atoms with van der Waals surface area (Å²) in [5.74, 6) is 1.24. The van der Waals surface area contributed by atoms with Gasteiger partial charge in [0.1, 0.15) is 11.7 Å². The van der Waals surface area contributed by atoms with Gasteiger partial charge in [0.15, 0.2) is 0 Å². The van der Waals surface area contributed by atoms with Crippen LogP contribution in [-0.2, 0) is 15.6 Å². The number of aromatic amines is 1. The van der Waals surface area contributed by atoms with E-state index in [0.717, 1.165) is 11.5 Å². The minimum Gasteiger partial charge on any atom is -0.300 e. The molecule has 0 saturated heterocycles. The minimum atomic E-state index is -1.48. The number of H-pyrrole nitrogens is 1. The molecule has 0 fully saturated rings. The van der Waals surface area contributed by atoms with E-state index in [-0.39, 0.29) is 4.87 Å². The minimum absolute atomic E-state index is 0.0856. The van der Waals surface area contributed by atoms with Gasteiger partial charge in [0.25, 0.3) is 0 Å². The molecule has 0 amide bonds. The number of aryl methyl sites for hydroxylation is 1. The summed E-state index contributed by atoms with van der Waals surface area (Å²) in [5.41, 5.74) is 2.32. The third kappa shape index (κ3) is 3.77. The van der Waals surface area contributed by atoms with Crippen molar-refractivity contribution < 1.29 is 8.49 Å². The van der Waals surface area contributed by atoms with E-state index < -0.39 is 11.3 Å². The van der Waals surface area contributed by atoms with Gasteiger partial charge in [0, 0.05) is 11.5 Å². The zero-order chi connectivity index (χ0) is 10.6. The smallest absolute Gasteiger partial charge is 0.300 e. The molecule has 1 unspecified atom stereocenters. The lowest BCUT2D eigenvalue weighted by atomic mass is 10.7. The highest BCUT2D eigenvalue weighted by atomic mass is 32.2. The molecule has 0 spiro atoms. The van der Waals surface area contributed by atoms with Crippen molar-refractivity contribution >= 4 is 28.6 Å². The summed E-state index contributed by atoms with van der Waals surface area (Å²) in [6.45, 7) is 3.42. The second kappa shape index (κ2) is 4.98. The lowest BCUT2D eigenvalue weighted by Crippen LogP contribution is -2.11. The monoisotopic (exact) mass is 236 g/mol.